The molecule has 0 atom stereocenters. The van der Waals surface area contributed by atoms with E-state index in [1.54, 1.807) is 0 Å². The van der Waals surface area contributed by atoms with E-state index in [2.05, 4.69) is 0 Å². The van der Waals surface area contributed by atoms with E-state index in [4.69, 9.17) is 11.6 Å². The third kappa shape index (κ3) is 2.32. The predicted octanol–water partition coefficient (Wildman–Crippen LogP) is 3.75. The Hall–Kier alpha value is -1.80. The van der Waals surface area contributed by atoms with Gasteiger partial charge >= 0.3 is 5.97 Å². The summed E-state index contributed by atoms with van der Waals surface area (Å²) < 4.78 is 0. The van der Waals surface area contributed by atoms with E-state index in [1.165, 1.54) is 0 Å². The molecule has 20 heavy (non-hydrogen) atoms. The van der Waals surface area contributed by atoms with Crippen LogP contribution in [0, 0.1) is 5.41 Å². The van der Waals surface area contributed by atoms with E-state index >= 15 is 0 Å². The minimum atomic E-state index is -0.725. The molecular formula is C17H15ClO2. The van der Waals surface area contributed by atoms with Crippen molar-refractivity contribution in [2.45, 2.75) is 19.3 Å². The number of hydrogen-bond acceptors (Lipinski definition) is 1. The van der Waals surface area contributed by atoms with Gasteiger partial charge in [0.25, 0.3) is 0 Å². The highest BCUT2D eigenvalue weighted by molar-refractivity contribution is 6.30. The van der Waals surface area contributed by atoms with Gasteiger partial charge in [-0.15, -0.1) is 0 Å². The normalized spacial score (nSPS) is 15.8. The Morgan fingerprint density at radius 3 is 2.10 bits per heavy atom. The summed E-state index contributed by atoms with van der Waals surface area (Å²) in [4.78, 5) is 11.8. The van der Waals surface area contributed by atoms with Crippen molar-refractivity contribution in [2.24, 2.45) is 5.41 Å². The molecule has 2 aromatic rings. The van der Waals surface area contributed by atoms with E-state index in [9.17, 15) is 9.90 Å². The second-order valence-corrected chi connectivity index (χ2v) is 5.95. The third-order valence-corrected chi connectivity index (χ3v) is 4.34. The predicted molar refractivity (Wildman–Crippen MR) is 79.1 cm³/mol. The van der Waals surface area contributed by atoms with Gasteiger partial charge in [-0.3, -0.25) is 4.79 Å². The first-order valence-electron chi connectivity index (χ1n) is 6.64. The summed E-state index contributed by atoms with van der Waals surface area (Å²) in [5.74, 6) is -0.719. The number of fused-ring (bicyclic) bond motifs is 1. The smallest absolute Gasteiger partial charge is 0.310 e. The molecule has 1 N–H and O–H groups in total. The summed E-state index contributed by atoms with van der Waals surface area (Å²) in [6.45, 7) is 0. The number of halogens is 1. The first-order chi connectivity index (χ1) is 9.59. The summed E-state index contributed by atoms with van der Waals surface area (Å²) in [7, 11) is 0. The Kier molecular flexibility index (Phi) is 3.27. The second-order valence-electron chi connectivity index (χ2n) is 5.51. The van der Waals surface area contributed by atoms with Gasteiger partial charge < -0.3 is 5.11 Å². The topological polar surface area (TPSA) is 37.3 Å². The van der Waals surface area contributed by atoms with Gasteiger partial charge in [0.1, 0.15) is 0 Å². The van der Waals surface area contributed by atoms with E-state index in [0.717, 1.165) is 16.7 Å². The van der Waals surface area contributed by atoms with Crippen LogP contribution in [0.1, 0.15) is 16.7 Å². The van der Waals surface area contributed by atoms with Crippen molar-refractivity contribution in [3.63, 3.8) is 0 Å². The lowest BCUT2D eigenvalue weighted by molar-refractivity contribution is -0.148. The standard InChI is InChI=1S/C17H15ClO2/c18-15-7-5-12(6-8-15)9-17(16(19)20)10-13-3-1-2-4-14(13)11-17/h1-8H,9-11H2,(H,19,20). The van der Waals surface area contributed by atoms with Crippen molar-refractivity contribution in [3.8, 4) is 0 Å². The van der Waals surface area contributed by atoms with Crippen LogP contribution >= 0.6 is 11.6 Å². The number of aliphatic carboxylic acids is 1. The van der Waals surface area contributed by atoms with Crippen molar-refractivity contribution in [3.05, 3.63) is 70.2 Å². The number of carboxylic acid groups (broad SMARTS) is 1. The Morgan fingerprint density at radius 2 is 1.60 bits per heavy atom. The highest BCUT2D eigenvalue weighted by atomic mass is 35.5. The van der Waals surface area contributed by atoms with Crippen LogP contribution in [0.3, 0.4) is 0 Å². The fraction of sp³-hybridized carbons (Fsp3) is 0.235. The lowest BCUT2D eigenvalue weighted by Crippen LogP contribution is -2.34. The second kappa shape index (κ2) is 4.95. The SMILES string of the molecule is O=C(O)C1(Cc2ccc(Cl)cc2)Cc2ccccc2C1. The van der Waals surface area contributed by atoms with Crippen LogP contribution in [0.15, 0.2) is 48.5 Å². The van der Waals surface area contributed by atoms with Gasteiger partial charge in [-0.05, 0) is 48.1 Å². The largest absolute Gasteiger partial charge is 0.481 e. The molecule has 2 nitrogen and oxygen atoms in total. The highest BCUT2D eigenvalue weighted by Crippen LogP contribution is 2.40. The van der Waals surface area contributed by atoms with Crippen LogP contribution < -0.4 is 0 Å². The van der Waals surface area contributed by atoms with Crippen LogP contribution in [0.25, 0.3) is 0 Å². The molecule has 0 fully saturated rings. The van der Waals surface area contributed by atoms with Crippen molar-refractivity contribution in [1.82, 2.24) is 0 Å². The maximum absolute atomic E-state index is 11.8. The lowest BCUT2D eigenvalue weighted by atomic mass is 9.79. The van der Waals surface area contributed by atoms with Crippen LogP contribution in [0.2, 0.25) is 5.02 Å². The minimum Gasteiger partial charge on any atom is -0.481 e. The Balaban J connectivity index is 1.92. The fourth-order valence-electron chi connectivity index (χ4n) is 3.04. The van der Waals surface area contributed by atoms with Crippen molar-refractivity contribution in [1.29, 1.82) is 0 Å². The van der Waals surface area contributed by atoms with E-state index in [0.29, 0.717) is 24.3 Å². The maximum atomic E-state index is 11.8. The Morgan fingerprint density at radius 1 is 1.05 bits per heavy atom. The molecule has 0 saturated carbocycles. The average molecular weight is 287 g/mol. The van der Waals surface area contributed by atoms with Gasteiger partial charge in [-0.25, -0.2) is 0 Å². The summed E-state index contributed by atoms with van der Waals surface area (Å²) >= 11 is 5.88. The summed E-state index contributed by atoms with van der Waals surface area (Å²) in [5, 5.41) is 10.4. The monoisotopic (exact) mass is 286 g/mol. The zero-order valence-electron chi connectivity index (χ0n) is 11.0. The highest BCUT2D eigenvalue weighted by Gasteiger charge is 2.43. The molecule has 102 valence electrons. The minimum absolute atomic E-state index is 0.536. The molecule has 0 spiro atoms. The quantitative estimate of drug-likeness (QED) is 0.933. The van der Waals surface area contributed by atoms with Gasteiger partial charge in [-0.1, -0.05) is 48.0 Å². The lowest BCUT2D eigenvalue weighted by Gasteiger charge is -2.24. The molecule has 1 aliphatic carbocycles. The molecule has 0 unspecified atom stereocenters. The molecule has 3 heteroatoms. The summed E-state index contributed by atoms with van der Waals surface area (Å²) in [5.41, 5.74) is 2.61. The maximum Gasteiger partial charge on any atom is 0.310 e. The van der Waals surface area contributed by atoms with Gasteiger partial charge in [0.15, 0.2) is 0 Å². The molecule has 0 aliphatic heterocycles. The van der Waals surface area contributed by atoms with Gasteiger partial charge in [0, 0.05) is 5.02 Å². The number of carbonyl (C=O) groups is 1. The van der Waals surface area contributed by atoms with Crippen LogP contribution in [-0.4, -0.2) is 11.1 Å². The van der Waals surface area contributed by atoms with Gasteiger partial charge in [0.05, 0.1) is 5.41 Å². The third-order valence-electron chi connectivity index (χ3n) is 4.09. The number of carboxylic acids is 1. The summed E-state index contributed by atoms with van der Waals surface area (Å²) in [6.07, 6.45) is 1.73. The number of rotatable bonds is 3. The van der Waals surface area contributed by atoms with Crippen molar-refractivity contribution < 1.29 is 9.90 Å². The van der Waals surface area contributed by atoms with E-state index < -0.39 is 11.4 Å². The van der Waals surface area contributed by atoms with Crippen molar-refractivity contribution in [2.75, 3.05) is 0 Å². The van der Waals surface area contributed by atoms with Gasteiger partial charge in [-0.2, -0.15) is 0 Å². The molecule has 2 aromatic carbocycles. The molecule has 0 bridgehead atoms. The first kappa shape index (κ1) is 13.2. The van der Waals surface area contributed by atoms with Crippen LogP contribution in [0.4, 0.5) is 0 Å². The fourth-order valence-corrected chi connectivity index (χ4v) is 3.16. The number of benzene rings is 2. The number of hydrogen-bond donors (Lipinski definition) is 1. The van der Waals surface area contributed by atoms with Gasteiger partial charge in [0.2, 0.25) is 0 Å². The Bertz CT molecular complexity index is 621. The summed E-state index contributed by atoms with van der Waals surface area (Å²) in [6, 6.07) is 15.5. The molecule has 1 aliphatic rings. The average Bonchev–Trinajstić information content (AvgIpc) is 2.81. The zero-order valence-corrected chi connectivity index (χ0v) is 11.7. The van der Waals surface area contributed by atoms with E-state index in [1.807, 2.05) is 48.5 Å². The van der Waals surface area contributed by atoms with Crippen LogP contribution in [0.5, 0.6) is 0 Å². The zero-order chi connectivity index (χ0) is 14.2. The molecule has 3 rings (SSSR count). The Labute approximate surface area is 123 Å². The molecular weight excluding hydrogens is 272 g/mol. The molecule has 0 heterocycles. The molecule has 0 aromatic heterocycles. The van der Waals surface area contributed by atoms with Crippen LogP contribution in [-0.2, 0) is 24.1 Å². The molecule has 0 saturated heterocycles. The molecule has 0 radical (unpaired) electrons. The molecule has 0 amide bonds. The van der Waals surface area contributed by atoms with Crippen molar-refractivity contribution >= 4 is 17.6 Å². The first-order valence-corrected chi connectivity index (χ1v) is 7.01. The van der Waals surface area contributed by atoms with E-state index in [-0.39, 0.29) is 0 Å².